The fourth-order valence-corrected chi connectivity index (χ4v) is 2.17. The van der Waals surface area contributed by atoms with Gasteiger partial charge in [-0.05, 0) is 27.2 Å². The molecule has 0 aliphatic rings. The zero-order valence-corrected chi connectivity index (χ0v) is 11.9. The summed E-state index contributed by atoms with van der Waals surface area (Å²) in [6.07, 6.45) is -0.248. The Bertz CT molecular complexity index is 479. The third kappa shape index (κ3) is 4.64. The maximum absolute atomic E-state index is 11.2. The van der Waals surface area contributed by atoms with E-state index in [4.69, 9.17) is 14.4 Å². The molecular formula is C11H18O7S. The van der Waals surface area contributed by atoms with Gasteiger partial charge in [0.15, 0.2) is 0 Å². The van der Waals surface area contributed by atoms with Crippen LogP contribution in [0.1, 0.15) is 27.2 Å². The molecule has 110 valence electrons. The minimum absolute atomic E-state index is 0.153. The lowest BCUT2D eigenvalue weighted by Crippen LogP contribution is -2.43. The second kappa shape index (κ2) is 6.16. The Balaban J connectivity index is 4.90. The van der Waals surface area contributed by atoms with Crippen molar-refractivity contribution in [3.63, 3.8) is 0 Å². The highest BCUT2D eigenvalue weighted by Crippen LogP contribution is 2.31. The lowest BCUT2D eigenvalue weighted by atomic mass is 9.84. The predicted molar refractivity (Wildman–Crippen MR) is 67.1 cm³/mol. The van der Waals surface area contributed by atoms with Crippen molar-refractivity contribution >= 4 is 22.1 Å². The highest BCUT2D eigenvalue weighted by atomic mass is 32.2. The average molecular weight is 294 g/mol. The van der Waals surface area contributed by atoms with Crippen LogP contribution in [0.4, 0.5) is 0 Å². The Hall–Kier alpha value is -1.41. The van der Waals surface area contributed by atoms with E-state index in [1.54, 1.807) is 0 Å². The lowest BCUT2D eigenvalue weighted by Gasteiger charge is -2.29. The van der Waals surface area contributed by atoms with Crippen LogP contribution in [0.5, 0.6) is 0 Å². The molecule has 0 amide bonds. The van der Waals surface area contributed by atoms with Crippen molar-refractivity contribution in [1.82, 2.24) is 0 Å². The molecule has 7 nitrogen and oxygen atoms in total. The molecule has 2 unspecified atom stereocenters. The van der Waals surface area contributed by atoms with Crippen LogP contribution < -0.4 is 0 Å². The molecule has 0 radical (unpaired) electrons. The largest absolute Gasteiger partial charge is 0.481 e. The summed E-state index contributed by atoms with van der Waals surface area (Å²) in [5.41, 5.74) is -1.61. The molecule has 0 aliphatic carbocycles. The van der Waals surface area contributed by atoms with Crippen LogP contribution in [-0.2, 0) is 24.4 Å². The van der Waals surface area contributed by atoms with Crippen molar-refractivity contribution in [2.45, 2.75) is 32.4 Å². The third-order valence-electron chi connectivity index (χ3n) is 3.04. The minimum Gasteiger partial charge on any atom is -0.481 e. The molecule has 0 aromatic carbocycles. The smallest absolute Gasteiger partial charge is 0.333 e. The standard InChI is InChI=1S/C11H18O7S/c1-7(2)9(12)18-6-5-11(4,10(13)14)8(3)19(15,16)17/h8H,1,5-6H2,2-4H3,(H,13,14)(H,15,16,17). The molecule has 0 fully saturated rings. The first-order chi connectivity index (χ1) is 8.43. The van der Waals surface area contributed by atoms with Gasteiger partial charge in [0.1, 0.15) is 0 Å². The van der Waals surface area contributed by atoms with Crippen LogP contribution in [0.2, 0.25) is 0 Å². The third-order valence-corrected chi connectivity index (χ3v) is 4.45. The molecule has 0 aromatic heterocycles. The summed E-state index contributed by atoms with van der Waals surface area (Å²) in [5.74, 6) is -2.09. The molecule has 2 N–H and O–H groups in total. The molecule has 8 heteroatoms. The quantitative estimate of drug-likeness (QED) is 0.406. The van der Waals surface area contributed by atoms with E-state index in [9.17, 15) is 18.0 Å². The molecule has 0 spiro atoms. The highest BCUT2D eigenvalue weighted by Gasteiger charge is 2.45. The van der Waals surface area contributed by atoms with Gasteiger partial charge in [0.05, 0.1) is 17.3 Å². The van der Waals surface area contributed by atoms with Gasteiger partial charge in [-0.3, -0.25) is 9.35 Å². The molecule has 19 heavy (non-hydrogen) atoms. The van der Waals surface area contributed by atoms with Gasteiger partial charge >= 0.3 is 11.9 Å². The second-order valence-corrected chi connectivity index (χ2v) is 6.28. The predicted octanol–water partition coefficient (Wildman–Crippen LogP) is 0.863. The van der Waals surface area contributed by atoms with Gasteiger partial charge in [0.25, 0.3) is 10.1 Å². The lowest BCUT2D eigenvalue weighted by molar-refractivity contribution is -0.151. The van der Waals surface area contributed by atoms with E-state index in [1.807, 2.05) is 0 Å². The molecule has 0 saturated heterocycles. The van der Waals surface area contributed by atoms with E-state index in [-0.39, 0.29) is 18.6 Å². The van der Waals surface area contributed by atoms with Crippen molar-refractivity contribution < 1.29 is 32.4 Å². The number of hydrogen-bond acceptors (Lipinski definition) is 5. The fourth-order valence-electron chi connectivity index (χ4n) is 1.29. The molecule has 2 atom stereocenters. The van der Waals surface area contributed by atoms with Crippen LogP contribution >= 0.6 is 0 Å². The first-order valence-electron chi connectivity index (χ1n) is 5.45. The number of hydrogen-bond donors (Lipinski definition) is 2. The molecule has 0 rings (SSSR count). The maximum atomic E-state index is 11.2. The minimum atomic E-state index is -4.51. The summed E-state index contributed by atoms with van der Waals surface area (Å²) in [5, 5.41) is 7.58. The van der Waals surface area contributed by atoms with Gasteiger partial charge in [-0.1, -0.05) is 6.58 Å². The Labute approximate surface area is 112 Å². The zero-order chi connectivity index (χ0) is 15.4. The first-order valence-corrected chi connectivity index (χ1v) is 6.95. The number of carboxylic acids is 1. The van der Waals surface area contributed by atoms with Crippen LogP contribution in [0, 0.1) is 5.41 Å². The normalized spacial score (nSPS) is 16.2. The van der Waals surface area contributed by atoms with Crippen molar-refractivity contribution in [3.8, 4) is 0 Å². The second-order valence-electron chi connectivity index (χ2n) is 4.55. The molecule has 0 aliphatic heterocycles. The number of carbonyl (C=O) groups excluding carboxylic acids is 1. The van der Waals surface area contributed by atoms with Crippen molar-refractivity contribution in [2.75, 3.05) is 6.61 Å². The Morgan fingerprint density at radius 1 is 1.42 bits per heavy atom. The van der Waals surface area contributed by atoms with Crippen LogP contribution in [0.3, 0.4) is 0 Å². The SMILES string of the molecule is C=C(C)C(=O)OCCC(C)(C(=O)O)C(C)S(=O)(=O)O. The van der Waals surface area contributed by atoms with Gasteiger partial charge < -0.3 is 9.84 Å². The number of ether oxygens (including phenoxy) is 1. The average Bonchev–Trinajstić information content (AvgIpc) is 2.25. The van der Waals surface area contributed by atoms with Gasteiger partial charge in [0.2, 0.25) is 0 Å². The summed E-state index contributed by atoms with van der Waals surface area (Å²) < 4.78 is 35.8. The van der Waals surface area contributed by atoms with E-state index < -0.39 is 32.7 Å². The summed E-state index contributed by atoms with van der Waals surface area (Å²) >= 11 is 0. The number of aliphatic carboxylic acids is 1. The summed E-state index contributed by atoms with van der Waals surface area (Å²) in [4.78, 5) is 22.3. The number of esters is 1. The molecule has 0 heterocycles. The van der Waals surface area contributed by atoms with E-state index >= 15 is 0 Å². The van der Waals surface area contributed by atoms with E-state index in [0.29, 0.717) is 0 Å². The van der Waals surface area contributed by atoms with E-state index in [1.165, 1.54) is 13.8 Å². The fraction of sp³-hybridized carbons (Fsp3) is 0.636. The summed E-state index contributed by atoms with van der Waals surface area (Å²) in [6.45, 7) is 6.76. The van der Waals surface area contributed by atoms with Crippen LogP contribution in [-0.4, -0.2) is 41.9 Å². The van der Waals surface area contributed by atoms with Gasteiger partial charge in [0, 0.05) is 5.57 Å². The Morgan fingerprint density at radius 2 is 1.89 bits per heavy atom. The number of carbonyl (C=O) groups is 2. The Kier molecular flexibility index (Phi) is 5.70. The number of rotatable bonds is 7. The van der Waals surface area contributed by atoms with Crippen molar-refractivity contribution in [2.24, 2.45) is 5.41 Å². The van der Waals surface area contributed by atoms with Crippen molar-refractivity contribution in [3.05, 3.63) is 12.2 Å². The highest BCUT2D eigenvalue weighted by molar-refractivity contribution is 7.86. The van der Waals surface area contributed by atoms with Crippen molar-refractivity contribution in [1.29, 1.82) is 0 Å². The zero-order valence-electron chi connectivity index (χ0n) is 11.0. The molecule has 0 saturated carbocycles. The summed E-state index contributed by atoms with van der Waals surface area (Å²) in [7, 11) is -4.51. The Morgan fingerprint density at radius 3 is 2.21 bits per heavy atom. The topological polar surface area (TPSA) is 118 Å². The summed E-state index contributed by atoms with van der Waals surface area (Å²) in [6, 6.07) is 0. The molecular weight excluding hydrogens is 276 g/mol. The van der Waals surface area contributed by atoms with Gasteiger partial charge in [-0.25, -0.2) is 4.79 Å². The molecule has 0 bridgehead atoms. The first kappa shape index (κ1) is 17.6. The maximum Gasteiger partial charge on any atom is 0.333 e. The molecule has 0 aromatic rings. The van der Waals surface area contributed by atoms with E-state index in [0.717, 1.165) is 6.92 Å². The van der Waals surface area contributed by atoms with E-state index in [2.05, 4.69) is 6.58 Å². The van der Waals surface area contributed by atoms with Crippen LogP contribution in [0.15, 0.2) is 12.2 Å². The van der Waals surface area contributed by atoms with Crippen LogP contribution in [0.25, 0.3) is 0 Å². The number of carboxylic acid groups (broad SMARTS) is 1. The monoisotopic (exact) mass is 294 g/mol. The van der Waals surface area contributed by atoms with Gasteiger partial charge in [-0.15, -0.1) is 0 Å². The van der Waals surface area contributed by atoms with Gasteiger partial charge in [-0.2, -0.15) is 8.42 Å².